The summed E-state index contributed by atoms with van der Waals surface area (Å²) in [6.45, 7) is 0. The molecule has 84 valence electrons. The summed E-state index contributed by atoms with van der Waals surface area (Å²) in [7, 11) is 0. The lowest BCUT2D eigenvalue weighted by atomic mass is 10.0. The van der Waals surface area contributed by atoms with Gasteiger partial charge < -0.3 is 5.11 Å². The third kappa shape index (κ3) is 2.90. The van der Waals surface area contributed by atoms with Gasteiger partial charge >= 0.3 is 0 Å². The number of rotatable bonds is 3. The molecule has 0 saturated carbocycles. The first-order valence-electron chi connectivity index (χ1n) is 5.36. The average molecular weight is 224 g/mol. The van der Waals surface area contributed by atoms with Gasteiger partial charge in [-0.25, -0.2) is 0 Å². The standard InChI is InChI=1S/C14H12N2O/c15-10-12-1-3-13(4-2-12)14(17)9-11-5-7-16-8-6-11/h1-8,14,17H,9H2. The average Bonchev–Trinajstić information content (AvgIpc) is 2.40. The summed E-state index contributed by atoms with van der Waals surface area (Å²) >= 11 is 0. The van der Waals surface area contributed by atoms with Gasteiger partial charge in [0.15, 0.2) is 0 Å². The van der Waals surface area contributed by atoms with Crippen molar-refractivity contribution in [2.24, 2.45) is 0 Å². The molecule has 0 radical (unpaired) electrons. The van der Waals surface area contributed by atoms with Gasteiger partial charge in [-0.05, 0) is 35.4 Å². The Morgan fingerprint density at radius 1 is 1.12 bits per heavy atom. The largest absolute Gasteiger partial charge is 0.388 e. The van der Waals surface area contributed by atoms with E-state index in [1.54, 1.807) is 36.7 Å². The molecule has 1 aromatic carbocycles. The van der Waals surface area contributed by atoms with E-state index in [0.29, 0.717) is 12.0 Å². The van der Waals surface area contributed by atoms with E-state index < -0.39 is 6.10 Å². The van der Waals surface area contributed by atoms with Crippen LogP contribution < -0.4 is 0 Å². The zero-order valence-electron chi connectivity index (χ0n) is 9.24. The molecular weight excluding hydrogens is 212 g/mol. The molecule has 17 heavy (non-hydrogen) atoms. The van der Waals surface area contributed by atoms with Crippen molar-refractivity contribution in [2.75, 3.05) is 0 Å². The lowest BCUT2D eigenvalue weighted by Crippen LogP contribution is -2.01. The maximum atomic E-state index is 10.0. The Bertz CT molecular complexity index is 514. The Morgan fingerprint density at radius 3 is 2.35 bits per heavy atom. The number of nitriles is 1. The van der Waals surface area contributed by atoms with Crippen LogP contribution in [0.4, 0.5) is 0 Å². The fraction of sp³-hybridized carbons (Fsp3) is 0.143. The summed E-state index contributed by atoms with van der Waals surface area (Å²) in [6, 6.07) is 12.8. The van der Waals surface area contributed by atoms with Crippen LogP contribution in [0.25, 0.3) is 0 Å². The first-order valence-corrected chi connectivity index (χ1v) is 5.36. The first kappa shape index (κ1) is 11.3. The van der Waals surface area contributed by atoms with Crippen LogP contribution in [0.2, 0.25) is 0 Å². The number of pyridine rings is 1. The number of hydrogen-bond donors (Lipinski definition) is 1. The SMILES string of the molecule is N#Cc1ccc(C(O)Cc2ccncc2)cc1. The van der Waals surface area contributed by atoms with Gasteiger partial charge in [-0.15, -0.1) is 0 Å². The number of aliphatic hydroxyl groups is 1. The van der Waals surface area contributed by atoms with Crippen molar-refractivity contribution >= 4 is 0 Å². The molecule has 0 bridgehead atoms. The minimum Gasteiger partial charge on any atom is -0.388 e. The zero-order valence-corrected chi connectivity index (χ0v) is 9.24. The van der Waals surface area contributed by atoms with E-state index in [-0.39, 0.29) is 0 Å². The molecule has 1 atom stereocenters. The smallest absolute Gasteiger partial charge is 0.0991 e. The van der Waals surface area contributed by atoms with Gasteiger partial charge in [-0.2, -0.15) is 5.26 Å². The third-order valence-corrected chi connectivity index (χ3v) is 2.60. The van der Waals surface area contributed by atoms with E-state index in [1.165, 1.54) is 0 Å². The van der Waals surface area contributed by atoms with E-state index in [4.69, 9.17) is 5.26 Å². The Labute approximate surface area is 100.0 Å². The van der Waals surface area contributed by atoms with Gasteiger partial charge in [0.25, 0.3) is 0 Å². The molecule has 1 aromatic heterocycles. The normalized spacial score (nSPS) is 11.8. The zero-order chi connectivity index (χ0) is 12.1. The first-order chi connectivity index (χ1) is 8.29. The fourth-order valence-electron chi connectivity index (χ4n) is 1.64. The molecule has 1 N–H and O–H groups in total. The van der Waals surface area contributed by atoms with Gasteiger partial charge in [0.2, 0.25) is 0 Å². The second kappa shape index (κ2) is 5.24. The second-order valence-electron chi connectivity index (χ2n) is 3.81. The highest BCUT2D eigenvalue weighted by Crippen LogP contribution is 2.18. The summed E-state index contributed by atoms with van der Waals surface area (Å²) in [5.74, 6) is 0. The van der Waals surface area contributed by atoms with Crippen molar-refractivity contribution < 1.29 is 5.11 Å². The third-order valence-electron chi connectivity index (χ3n) is 2.60. The number of aromatic nitrogens is 1. The number of aliphatic hydroxyl groups excluding tert-OH is 1. The van der Waals surface area contributed by atoms with Crippen LogP contribution in [-0.4, -0.2) is 10.1 Å². The maximum Gasteiger partial charge on any atom is 0.0991 e. The summed E-state index contributed by atoms with van der Waals surface area (Å²) in [4.78, 5) is 3.93. The summed E-state index contributed by atoms with van der Waals surface area (Å²) < 4.78 is 0. The minimum absolute atomic E-state index is 0.550. The van der Waals surface area contributed by atoms with E-state index >= 15 is 0 Å². The molecule has 0 aliphatic heterocycles. The van der Waals surface area contributed by atoms with Gasteiger partial charge in [0.1, 0.15) is 0 Å². The summed E-state index contributed by atoms with van der Waals surface area (Å²) in [5, 5.41) is 18.7. The van der Waals surface area contributed by atoms with E-state index in [2.05, 4.69) is 11.1 Å². The van der Waals surface area contributed by atoms with Crippen LogP contribution in [0.15, 0.2) is 48.8 Å². The highest BCUT2D eigenvalue weighted by molar-refractivity contribution is 5.32. The summed E-state index contributed by atoms with van der Waals surface area (Å²) in [5.41, 5.74) is 2.46. The molecule has 0 aliphatic rings. The molecule has 3 nitrogen and oxygen atoms in total. The Hall–Kier alpha value is -2.18. The molecule has 1 heterocycles. The quantitative estimate of drug-likeness (QED) is 0.869. The number of benzene rings is 1. The second-order valence-corrected chi connectivity index (χ2v) is 3.81. The van der Waals surface area contributed by atoms with Crippen molar-refractivity contribution in [2.45, 2.75) is 12.5 Å². The molecule has 0 aliphatic carbocycles. The van der Waals surface area contributed by atoms with Crippen molar-refractivity contribution in [1.82, 2.24) is 4.98 Å². The number of nitrogens with zero attached hydrogens (tertiary/aromatic N) is 2. The lowest BCUT2D eigenvalue weighted by molar-refractivity contribution is 0.178. The van der Waals surface area contributed by atoms with E-state index in [0.717, 1.165) is 11.1 Å². The predicted octanol–water partition coefficient (Wildman–Crippen LogP) is 2.23. The highest BCUT2D eigenvalue weighted by atomic mass is 16.3. The number of hydrogen-bond acceptors (Lipinski definition) is 3. The van der Waals surface area contributed by atoms with Crippen molar-refractivity contribution in [1.29, 1.82) is 5.26 Å². The minimum atomic E-state index is -0.551. The van der Waals surface area contributed by atoms with Gasteiger partial charge in [0.05, 0.1) is 17.7 Å². The molecular formula is C14H12N2O. The molecule has 2 rings (SSSR count). The molecule has 3 heteroatoms. The van der Waals surface area contributed by atoms with Crippen LogP contribution >= 0.6 is 0 Å². The molecule has 0 fully saturated rings. The Kier molecular flexibility index (Phi) is 3.49. The Morgan fingerprint density at radius 2 is 1.76 bits per heavy atom. The van der Waals surface area contributed by atoms with Gasteiger partial charge in [-0.1, -0.05) is 12.1 Å². The van der Waals surface area contributed by atoms with Gasteiger partial charge in [0, 0.05) is 18.8 Å². The summed E-state index contributed by atoms with van der Waals surface area (Å²) in [6.07, 6.45) is 3.42. The monoisotopic (exact) mass is 224 g/mol. The van der Waals surface area contributed by atoms with E-state index in [9.17, 15) is 5.11 Å². The van der Waals surface area contributed by atoms with Crippen molar-refractivity contribution in [3.8, 4) is 6.07 Å². The van der Waals surface area contributed by atoms with Crippen LogP contribution in [0, 0.1) is 11.3 Å². The van der Waals surface area contributed by atoms with Crippen LogP contribution in [-0.2, 0) is 6.42 Å². The van der Waals surface area contributed by atoms with Crippen LogP contribution in [0.5, 0.6) is 0 Å². The topological polar surface area (TPSA) is 56.9 Å². The molecule has 0 amide bonds. The van der Waals surface area contributed by atoms with Crippen LogP contribution in [0.3, 0.4) is 0 Å². The van der Waals surface area contributed by atoms with E-state index in [1.807, 2.05) is 12.1 Å². The highest BCUT2D eigenvalue weighted by Gasteiger charge is 2.08. The molecule has 0 saturated heterocycles. The van der Waals surface area contributed by atoms with Gasteiger partial charge in [-0.3, -0.25) is 4.98 Å². The lowest BCUT2D eigenvalue weighted by Gasteiger charge is -2.10. The van der Waals surface area contributed by atoms with Crippen molar-refractivity contribution in [3.05, 3.63) is 65.5 Å². The van der Waals surface area contributed by atoms with Crippen LogP contribution in [0.1, 0.15) is 22.8 Å². The molecule has 0 spiro atoms. The Balaban J connectivity index is 2.10. The predicted molar refractivity (Wildman–Crippen MR) is 64.1 cm³/mol. The van der Waals surface area contributed by atoms with Crippen molar-refractivity contribution in [3.63, 3.8) is 0 Å². The molecule has 2 aromatic rings. The maximum absolute atomic E-state index is 10.0. The molecule has 1 unspecified atom stereocenters. The fourth-order valence-corrected chi connectivity index (χ4v) is 1.64.